The van der Waals surface area contributed by atoms with Crippen LogP contribution in [0.3, 0.4) is 0 Å². The number of aryl methyl sites for hydroxylation is 1. The van der Waals surface area contributed by atoms with Crippen LogP contribution in [0.15, 0.2) is 18.2 Å². The van der Waals surface area contributed by atoms with E-state index >= 15 is 0 Å². The number of fused-ring (bicyclic) bond motifs is 3. The number of benzene rings is 1. The lowest BCUT2D eigenvalue weighted by Gasteiger charge is -2.22. The van der Waals surface area contributed by atoms with E-state index in [-0.39, 0.29) is 0 Å². The van der Waals surface area contributed by atoms with Gasteiger partial charge in [-0.1, -0.05) is 0 Å². The molecule has 0 radical (unpaired) electrons. The molecule has 0 saturated carbocycles. The van der Waals surface area contributed by atoms with Gasteiger partial charge in [-0.3, -0.25) is 0 Å². The van der Waals surface area contributed by atoms with Crippen LogP contribution in [0.5, 0.6) is 0 Å². The zero-order valence-corrected chi connectivity index (χ0v) is 10.5. The number of nitrogen functional groups attached to an aromatic ring is 1. The molecule has 2 saturated heterocycles. The third-order valence-electron chi connectivity index (χ3n) is 4.30. The average Bonchev–Trinajstić information content (AvgIpc) is 3.00. The molecule has 3 heterocycles. The Labute approximate surface area is 106 Å². The summed E-state index contributed by atoms with van der Waals surface area (Å²) in [7, 11) is 0. The zero-order chi connectivity index (χ0) is 12.3. The molecule has 0 aliphatic carbocycles. The second-order valence-corrected chi connectivity index (χ2v) is 5.45. The molecular weight excluding hydrogens is 226 g/mol. The van der Waals surface area contributed by atoms with Gasteiger partial charge in [-0.2, -0.15) is 0 Å². The van der Waals surface area contributed by atoms with Gasteiger partial charge in [-0.15, -0.1) is 0 Å². The Hall–Kier alpha value is -1.55. The number of rotatable bonds is 1. The van der Waals surface area contributed by atoms with Gasteiger partial charge in [-0.05, 0) is 44.4 Å². The van der Waals surface area contributed by atoms with Crippen molar-refractivity contribution in [3.8, 4) is 0 Å². The molecule has 2 aliphatic heterocycles. The van der Waals surface area contributed by atoms with E-state index in [1.165, 1.54) is 18.4 Å². The minimum Gasteiger partial charge on any atom is -0.399 e. The molecule has 1 aromatic heterocycles. The van der Waals surface area contributed by atoms with Gasteiger partial charge >= 0.3 is 0 Å². The summed E-state index contributed by atoms with van der Waals surface area (Å²) in [6, 6.07) is 6.44. The number of hydrogen-bond donors (Lipinski definition) is 1. The number of imidazole rings is 1. The minimum absolute atomic E-state index is 0.378. The lowest BCUT2D eigenvalue weighted by molar-refractivity contribution is 0.0940. The number of anilines is 1. The molecule has 2 fully saturated rings. The van der Waals surface area contributed by atoms with Gasteiger partial charge in [0, 0.05) is 5.69 Å². The molecule has 4 heteroatoms. The number of nitrogens with two attached hydrogens (primary N) is 1. The van der Waals surface area contributed by atoms with E-state index in [4.69, 9.17) is 10.5 Å². The van der Waals surface area contributed by atoms with Crippen LogP contribution in [-0.2, 0) is 4.74 Å². The normalized spacial score (nSPS) is 30.4. The molecule has 2 aromatic rings. The SMILES string of the molecule is Cc1nc2cc(N)ccc2n1C1CC2CCC1O2. The summed E-state index contributed by atoms with van der Waals surface area (Å²) in [5.74, 6) is 1.07. The van der Waals surface area contributed by atoms with Gasteiger partial charge < -0.3 is 15.0 Å². The smallest absolute Gasteiger partial charge is 0.107 e. The molecule has 94 valence electrons. The third kappa shape index (κ3) is 1.32. The Bertz CT molecular complexity index is 619. The highest BCUT2D eigenvalue weighted by atomic mass is 16.5. The highest BCUT2D eigenvalue weighted by Crippen LogP contribution is 2.43. The molecule has 2 aliphatic rings. The van der Waals surface area contributed by atoms with Gasteiger partial charge in [0.25, 0.3) is 0 Å². The van der Waals surface area contributed by atoms with Gasteiger partial charge in [0.15, 0.2) is 0 Å². The number of hydrogen-bond acceptors (Lipinski definition) is 3. The summed E-state index contributed by atoms with van der Waals surface area (Å²) in [6.45, 7) is 2.07. The second-order valence-electron chi connectivity index (χ2n) is 5.45. The summed E-state index contributed by atoms with van der Waals surface area (Å²) in [5.41, 5.74) is 8.78. The predicted molar refractivity (Wildman–Crippen MR) is 70.4 cm³/mol. The van der Waals surface area contributed by atoms with Crippen LogP contribution in [0.1, 0.15) is 31.1 Å². The van der Waals surface area contributed by atoms with E-state index in [2.05, 4.69) is 22.5 Å². The highest BCUT2D eigenvalue weighted by Gasteiger charge is 2.42. The van der Waals surface area contributed by atoms with Gasteiger partial charge in [0.05, 0.1) is 29.3 Å². The van der Waals surface area contributed by atoms with Crippen LogP contribution in [0, 0.1) is 6.92 Å². The van der Waals surface area contributed by atoms with Crippen molar-refractivity contribution in [1.82, 2.24) is 9.55 Å². The number of nitrogens with zero attached hydrogens (tertiary/aromatic N) is 2. The largest absolute Gasteiger partial charge is 0.399 e. The molecule has 1 aromatic carbocycles. The van der Waals surface area contributed by atoms with E-state index in [0.717, 1.165) is 23.4 Å². The summed E-state index contributed by atoms with van der Waals surface area (Å²) < 4.78 is 8.31. The maximum Gasteiger partial charge on any atom is 0.107 e. The molecule has 3 atom stereocenters. The van der Waals surface area contributed by atoms with Crippen molar-refractivity contribution >= 4 is 16.7 Å². The summed E-state index contributed by atoms with van der Waals surface area (Å²) in [5, 5.41) is 0. The van der Waals surface area contributed by atoms with Crippen molar-refractivity contribution in [2.75, 3.05) is 5.73 Å². The quantitative estimate of drug-likeness (QED) is 0.782. The fraction of sp³-hybridized carbons (Fsp3) is 0.500. The molecule has 18 heavy (non-hydrogen) atoms. The van der Waals surface area contributed by atoms with Crippen LogP contribution in [0.4, 0.5) is 5.69 Å². The molecule has 3 unspecified atom stereocenters. The summed E-state index contributed by atoms with van der Waals surface area (Å²) in [6.07, 6.45) is 4.37. The minimum atomic E-state index is 0.378. The van der Waals surface area contributed by atoms with E-state index in [9.17, 15) is 0 Å². The summed E-state index contributed by atoms with van der Waals surface area (Å²) in [4.78, 5) is 4.63. The predicted octanol–water partition coefficient (Wildman–Crippen LogP) is 2.42. The first kappa shape index (κ1) is 10.4. The Balaban J connectivity index is 1.87. The van der Waals surface area contributed by atoms with Crippen molar-refractivity contribution in [2.24, 2.45) is 0 Å². The van der Waals surface area contributed by atoms with Crippen LogP contribution in [-0.4, -0.2) is 21.8 Å². The van der Waals surface area contributed by atoms with Gasteiger partial charge in [0.1, 0.15) is 5.82 Å². The van der Waals surface area contributed by atoms with E-state index < -0.39 is 0 Å². The fourth-order valence-electron chi connectivity index (χ4n) is 3.54. The van der Waals surface area contributed by atoms with Crippen LogP contribution in [0.25, 0.3) is 11.0 Å². The van der Waals surface area contributed by atoms with E-state index in [0.29, 0.717) is 18.2 Å². The first-order chi connectivity index (χ1) is 8.72. The van der Waals surface area contributed by atoms with Crippen molar-refractivity contribution in [3.05, 3.63) is 24.0 Å². The standard InChI is InChI=1S/C14H17N3O/c1-8-16-11-6-9(15)2-4-12(11)17(8)13-7-10-3-5-14(13)18-10/h2,4,6,10,13-14H,3,5,7,15H2,1H3. The molecule has 4 nitrogen and oxygen atoms in total. The molecule has 0 spiro atoms. The lowest BCUT2D eigenvalue weighted by atomic mass is 9.95. The number of aromatic nitrogens is 2. The fourth-order valence-corrected chi connectivity index (χ4v) is 3.54. The Morgan fingerprint density at radius 1 is 1.39 bits per heavy atom. The van der Waals surface area contributed by atoms with Crippen molar-refractivity contribution < 1.29 is 4.74 Å². The maximum absolute atomic E-state index is 5.96. The Morgan fingerprint density at radius 2 is 2.28 bits per heavy atom. The van der Waals surface area contributed by atoms with Crippen LogP contribution >= 0.6 is 0 Å². The van der Waals surface area contributed by atoms with E-state index in [1.807, 2.05) is 12.1 Å². The van der Waals surface area contributed by atoms with Crippen LogP contribution in [0.2, 0.25) is 0 Å². The molecular formula is C14H17N3O. The first-order valence-electron chi connectivity index (χ1n) is 6.62. The highest BCUT2D eigenvalue weighted by molar-refractivity contribution is 5.79. The van der Waals surface area contributed by atoms with Gasteiger partial charge in [0.2, 0.25) is 0 Å². The summed E-state index contributed by atoms with van der Waals surface area (Å²) >= 11 is 0. The van der Waals surface area contributed by atoms with Crippen molar-refractivity contribution in [1.29, 1.82) is 0 Å². The van der Waals surface area contributed by atoms with Crippen molar-refractivity contribution in [2.45, 2.75) is 44.4 Å². The first-order valence-corrected chi connectivity index (χ1v) is 6.62. The average molecular weight is 243 g/mol. The Kier molecular flexibility index (Phi) is 2.01. The van der Waals surface area contributed by atoms with Crippen molar-refractivity contribution in [3.63, 3.8) is 0 Å². The zero-order valence-electron chi connectivity index (χ0n) is 10.5. The molecule has 2 N–H and O–H groups in total. The maximum atomic E-state index is 5.96. The molecule has 2 bridgehead atoms. The molecule has 4 rings (SSSR count). The molecule has 0 amide bonds. The Morgan fingerprint density at radius 3 is 3.00 bits per heavy atom. The monoisotopic (exact) mass is 243 g/mol. The van der Waals surface area contributed by atoms with Gasteiger partial charge in [-0.25, -0.2) is 4.98 Å². The number of ether oxygens (including phenoxy) is 1. The van der Waals surface area contributed by atoms with Crippen LogP contribution < -0.4 is 5.73 Å². The lowest BCUT2D eigenvalue weighted by Crippen LogP contribution is -2.21. The third-order valence-corrected chi connectivity index (χ3v) is 4.30. The topological polar surface area (TPSA) is 53.1 Å². The second kappa shape index (κ2) is 3.48. The van der Waals surface area contributed by atoms with E-state index in [1.54, 1.807) is 0 Å².